The minimum absolute atomic E-state index is 0.0687. The van der Waals surface area contributed by atoms with E-state index in [4.69, 9.17) is 17.3 Å². The van der Waals surface area contributed by atoms with Gasteiger partial charge in [0.1, 0.15) is 12.7 Å². The molecular weight excluding hydrogens is 156 g/mol. The maximum Gasteiger partial charge on any atom is 0.218 e. The molecule has 0 amide bonds. The van der Waals surface area contributed by atoms with Crippen LogP contribution in [0.15, 0.2) is 12.7 Å². The Morgan fingerprint density at radius 2 is 2.10 bits per heavy atom. The Morgan fingerprint density at radius 1 is 1.50 bits per heavy atom. The average molecular weight is 158 g/mol. The van der Waals surface area contributed by atoms with E-state index >= 15 is 0 Å². The lowest BCUT2D eigenvalue weighted by atomic mass is 11.0. The molecule has 10 heavy (non-hydrogen) atoms. The standard InChI is InChI=1S/C3H2ClN6/c4-10(9-5)3-7-1-6-2-8-3/h1-2H. The second kappa shape index (κ2) is 3.02. The van der Waals surface area contributed by atoms with Crippen molar-refractivity contribution < 1.29 is 0 Å². The molecule has 0 saturated heterocycles. The Morgan fingerprint density at radius 3 is 2.60 bits per heavy atom. The summed E-state index contributed by atoms with van der Waals surface area (Å²) in [6.07, 6.45) is 2.48. The number of anilines is 1. The third-order valence-corrected chi connectivity index (χ3v) is 0.942. The molecule has 0 fully saturated rings. The first-order chi connectivity index (χ1) is 4.84. The van der Waals surface area contributed by atoms with Crippen LogP contribution in [0.4, 0.5) is 5.95 Å². The summed E-state index contributed by atoms with van der Waals surface area (Å²) in [6.45, 7) is 0. The van der Waals surface area contributed by atoms with Crippen LogP contribution in [0.3, 0.4) is 0 Å². The molecule has 0 atom stereocenters. The molecule has 0 aliphatic rings. The van der Waals surface area contributed by atoms with Gasteiger partial charge >= 0.3 is 0 Å². The van der Waals surface area contributed by atoms with Gasteiger partial charge in [-0.15, -0.1) is 0 Å². The molecule has 0 bridgehead atoms. The van der Waals surface area contributed by atoms with E-state index in [9.17, 15) is 0 Å². The van der Waals surface area contributed by atoms with Crippen molar-refractivity contribution in [1.82, 2.24) is 20.2 Å². The van der Waals surface area contributed by atoms with Gasteiger partial charge in [-0.25, -0.2) is 15.0 Å². The van der Waals surface area contributed by atoms with E-state index in [1.165, 1.54) is 12.7 Å². The molecule has 0 aromatic carbocycles. The summed E-state index contributed by atoms with van der Waals surface area (Å²) in [6, 6.07) is 0. The van der Waals surface area contributed by atoms with Crippen LogP contribution in [0.25, 0.3) is 5.53 Å². The summed E-state index contributed by atoms with van der Waals surface area (Å²) < 4.78 is 0.599. The summed E-state index contributed by atoms with van der Waals surface area (Å²) in [7, 11) is 0. The van der Waals surface area contributed by atoms with Crippen molar-refractivity contribution >= 4 is 17.7 Å². The van der Waals surface area contributed by atoms with E-state index in [1.807, 2.05) is 0 Å². The van der Waals surface area contributed by atoms with Crippen LogP contribution in [0.2, 0.25) is 0 Å². The molecule has 1 heterocycles. The van der Waals surface area contributed by atoms with Gasteiger partial charge in [-0.2, -0.15) is 0 Å². The third-order valence-electron chi connectivity index (χ3n) is 0.723. The third kappa shape index (κ3) is 1.35. The topological polar surface area (TPSA) is 78.3 Å². The molecule has 0 aliphatic carbocycles. The number of halogens is 1. The van der Waals surface area contributed by atoms with Crippen molar-refractivity contribution in [3.05, 3.63) is 18.2 Å². The maximum absolute atomic E-state index is 8.11. The van der Waals surface area contributed by atoms with E-state index < -0.39 is 0 Å². The first-order valence-corrected chi connectivity index (χ1v) is 2.61. The Hall–Kier alpha value is -1.30. The number of aromatic nitrogens is 3. The van der Waals surface area contributed by atoms with Crippen LogP contribution in [-0.4, -0.2) is 15.0 Å². The van der Waals surface area contributed by atoms with Crippen molar-refractivity contribution in [2.24, 2.45) is 0 Å². The summed E-state index contributed by atoms with van der Waals surface area (Å²) in [5.41, 5.74) is 8.11. The minimum atomic E-state index is 0.0687. The Balaban J connectivity index is 2.84. The van der Waals surface area contributed by atoms with Crippen LogP contribution in [0.5, 0.6) is 0 Å². The second-order valence-corrected chi connectivity index (χ2v) is 1.61. The molecule has 0 saturated carbocycles. The molecule has 7 heteroatoms. The predicted octanol–water partition coefficient (Wildman–Crippen LogP) is 0.104. The maximum atomic E-state index is 8.11. The van der Waals surface area contributed by atoms with E-state index in [0.717, 1.165) is 0 Å². The van der Waals surface area contributed by atoms with Crippen molar-refractivity contribution in [3.63, 3.8) is 0 Å². The normalized spacial score (nSPS) is 8.90. The van der Waals surface area contributed by atoms with Gasteiger partial charge in [0.25, 0.3) is 0 Å². The van der Waals surface area contributed by atoms with Gasteiger partial charge in [-0.05, 0) is 11.8 Å². The summed E-state index contributed by atoms with van der Waals surface area (Å²) >= 11 is 5.25. The molecule has 6 nitrogen and oxygen atoms in total. The number of nitrogens with zero attached hydrogens (tertiary/aromatic N) is 6. The van der Waals surface area contributed by atoms with E-state index in [2.05, 4.69) is 20.2 Å². The van der Waals surface area contributed by atoms with Gasteiger partial charge in [0.15, 0.2) is 5.22 Å². The molecule has 1 aromatic heterocycles. The molecule has 0 spiro atoms. The average Bonchev–Trinajstić information content (AvgIpc) is 2.05. The fourth-order valence-corrected chi connectivity index (χ4v) is 0.456. The lowest BCUT2D eigenvalue weighted by Crippen LogP contribution is -2.12. The van der Waals surface area contributed by atoms with E-state index in [1.54, 1.807) is 0 Å². The minimum Gasteiger partial charge on any atom is -0.225 e. The number of hydrogen-bond donors (Lipinski definition) is 0. The van der Waals surface area contributed by atoms with Crippen LogP contribution in [0.1, 0.15) is 0 Å². The van der Waals surface area contributed by atoms with E-state index in [0.29, 0.717) is 4.53 Å². The van der Waals surface area contributed by atoms with Crippen LogP contribution >= 0.6 is 11.8 Å². The molecule has 1 rings (SSSR count). The highest BCUT2D eigenvalue weighted by Gasteiger charge is 2.02. The molecule has 1 aromatic rings. The van der Waals surface area contributed by atoms with Gasteiger partial charge in [-0.3, -0.25) is 0 Å². The first-order valence-electron chi connectivity index (χ1n) is 2.27. The summed E-state index contributed by atoms with van der Waals surface area (Å²) in [5.74, 6) is 0.0687. The summed E-state index contributed by atoms with van der Waals surface area (Å²) in [5, 5.41) is 2.60. The molecule has 0 unspecified atom stereocenters. The SMILES string of the molecule is [N-]=[N+]N(Cl)c1ncncn1. The quantitative estimate of drug-likeness (QED) is 0.347. The van der Waals surface area contributed by atoms with Crippen molar-refractivity contribution in [3.8, 4) is 0 Å². The zero-order valence-corrected chi connectivity index (χ0v) is 5.47. The number of rotatable bonds is 2. The van der Waals surface area contributed by atoms with Crippen molar-refractivity contribution in [2.45, 2.75) is 0 Å². The Labute approximate surface area is 61.5 Å². The molecule has 51 valence electrons. The fraction of sp³-hybridized carbons (Fsp3) is 0. The van der Waals surface area contributed by atoms with Gasteiger partial charge in [0, 0.05) is 0 Å². The Kier molecular flexibility index (Phi) is 2.06. The second-order valence-electron chi connectivity index (χ2n) is 1.29. The van der Waals surface area contributed by atoms with Crippen molar-refractivity contribution in [1.29, 1.82) is 0 Å². The number of hydrogen-bond acceptors (Lipinski definition) is 4. The summed E-state index contributed by atoms with van der Waals surface area (Å²) in [4.78, 5) is 10.7. The van der Waals surface area contributed by atoms with Gasteiger partial charge in [0.2, 0.25) is 5.95 Å². The molecule has 1 radical (unpaired) electrons. The zero-order chi connectivity index (χ0) is 7.40. The molecular formula is C3H2ClN6. The largest absolute Gasteiger partial charge is 0.225 e. The highest BCUT2D eigenvalue weighted by Crippen LogP contribution is 2.01. The van der Waals surface area contributed by atoms with Crippen LogP contribution in [-0.2, 0) is 0 Å². The fourth-order valence-electron chi connectivity index (χ4n) is 0.368. The molecule has 0 aliphatic heterocycles. The lowest BCUT2D eigenvalue weighted by molar-refractivity contribution is 0.929. The molecule has 0 N–H and O–H groups in total. The Bertz CT molecular complexity index is 211. The van der Waals surface area contributed by atoms with Gasteiger partial charge < -0.3 is 0 Å². The monoisotopic (exact) mass is 157 g/mol. The van der Waals surface area contributed by atoms with Crippen LogP contribution in [0, 0.1) is 0 Å². The predicted molar refractivity (Wildman–Crippen MR) is 33.7 cm³/mol. The van der Waals surface area contributed by atoms with Gasteiger partial charge in [0.05, 0.1) is 0 Å². The lowest BCUT2D eigenvalue weighted by Gasteiger charge is -1.98. The van der Waals surface area contributed by atoms with Gasteiger partial charge in [-0.1, -0.05) is 10.1 Å². The highest BCUT2D eigenvalue weighted by molar-refractivity contribution is 6.24. The zero-order valence-electron chi connectivity index (χ0n) is 4.72. The van der Waals surface area contributed by atoms with Crippen molar-refractivity contribution in [2.75, 3.05) is 4.53 Å². The highest BCUT2D eigenvalue weighted by atomic mass is 35.5. The smallest absolute Gasteiger partial charge is 0.218 e. The van der Waals surface area contributed by atoms with E-state index in [-0.39, 0.29) is 5.95 Å². The first kappa shape index (κ1) is 6.81. The van der Waals surface area contributed by atoms with Crippen LogP contribution < -0.4 is 9.75 Å².